The Labute approximate surface area is 151 Å². The summed E-state index contributed by atoms with van der Waals surface area (Å²) in [6.07, 6.45) is 6.01. The third-order valence-corrected chi connectivity index (χ3v) is 6.03. The van der Waals surface area contributed by atoms with Gasteiger partial charge in [-0.05, 0) is 43.0 Å². The molecule has 0 spiro atoms. The van der Waals surface area contributed by atoms with Crippen molar-refractivity contribution < 1.29 is 19.4 Å². The highest BCUT2D eigenvalue weighted by Crippen LogP contribution is 2.43. The van der Waals surface area contributed by atoms with E-state index in [-0.39, 0.29) is 18.2 Å². The molecular formula is C20H22N2O4. The van der Waals surface area contributed by atoms with Gasteiger partial charge < -0.3 is 24.5 Å². The molecule has 4 aliphatic rings. The minimum absolute atomic E-state index is 0.203. The van der Waals surface area contributed by atoms with Crippen LogP contribution < -0.4 is 4.74 Å². The molecule has 1 aromatic carbocycles. The third kappa shape index (κ3) is 2.40. The Morgan fingerprint density at radius 3 is 3.00 bits per heavy atom. The van der Waals surface area contributed by atoms with Crippen molar-refractivity contribution in [1.82, 2.24) is 9.88 Å². The number of piperidine rings is 3. The fourth-order valence-electron chi connectivity index (χ4n) is 4.71. The van der Waals surface area contributed by atoms with Crippen LogP contribution in [0, 0.1) is 5.92 Å². The number of hydrogen-bond donors (Lipinski definition) is 2. The fraction of sp³-hybridized carbons (Fsp3) is 0.450. The number of aliphatic hydroxyl groups is 1. The molecule has 26 heavy (non-hydrogen) atoms. The zero-order valence-corrected chi connectivity index (χ0v) is 14.6. The van der Waals surface area contributed by atoms with Gasteiger partial charge in [0.05, 0.1) is 18.8 Å². The number of nitrogens with zero attached hydrogens (tertiary/aromatic N) is 1. The Balaban J connectivity index is 1.38. The molecule has 0 amide bonds. The van der Waals surface area contributed by atoms with E-state index in [2.05, 4.69) is 16.0 Å². The van der Waals surface area contributed by atoms with Crippen molar-refractivity contribution in [2.75, 3.05) is 13.7 Å². The Morgan fingerprint density at radius 1 is 1.35 bits per heavy atom. The van der Waals surface area contributed by atoms with Crippen LogP contribution >= 0.6 is 0 Å². The average molecular weight is 354 g/mol. The first kappa shape index (κ1) is 15.8. The van der Waals surface area contributed by atoms with Crippen LogP contribution in [0.3, 0.4) is 0 Å². The minimum Gasteiger partial charge on any atom is -0.497 e. The molecule has 0 radical (unpaired) electrons. The lowest BCUT2D eigenvalue weighted by molar-refractivity contribution is -0.0511. The van der Waals surface area contributed by atoms with Gasteiger partial charge in [-0.1, -0.05) is 0 Å². The summed E-state index contributed by atoms with van der Waals surface area (Å²) in [5, 5.41) is 10.9. The number of aliphatic hydroxyl groups excluding tert-OH is 1. The number of aromatic nitrogens is 1. The van der Waals surface area contributed by atoms with E-state index in [1.54, 1.807) is 13.3 Å². The first-order valence-corrected chi connectivity index (χ1v) is 9.14. The average Bonchev–Trinajstić information content (AvgIpc) is 3.04. The van der Waals surface area contributed by atoms with Crippen LogP contribution in [0.25, 0.3) is 10.9 Å². The predicted octanol–water partition coefficient (Wildman–Crippen LogP) is 2.44. The number of aromatic amines is 1. The van der Waals surface area contributed by atoms with Crippen LogP contribution in [-0.4, -0.2) is 52.9 Å². The van der Waals surface area contributed by atoms with Crippen molar-refractivity contribution in [3.63, 3.8) is 0 Å². The van der Waals surface area contributed by atoms with Crippen molar-refractivity contribution in [3.05, 3.63) is 41.7 Å². The van der Waals surface area contributed by atoms with E-state index in [1.807, 2.05) is 18.2 Å². The highest BCUT2D eigenvalue weighted by Gasteiger charge is 2.45. The third-order valence-electron chi connectivity index (χ3n) is 6.03. The van der Waals surface area contributed by atoms with Gasteiger partial charge in [0.2, 0.25) is 0 Å². The lowest BCUT2D eigenvalue weighted by Gasteiger charge is -2.53. The number of nitrogens with one attached hydrogen (secondary N) is 1. The normalized spacial score (nSPS) is 29.6. The maximum Gasteiger partial charge on any atom is 0.340 e. The van der Waals surface area contributed by atoms with Crippen LogP contribution in [0.15, 0.2) is 36.2 Å². The number of H-pyrrole nitrogens is 1. The van der Waals surface area contributed by atoms with Gasteiger partial charge in [-0.2, -0.15) is 0 Å². The molecule has 4 unspecified atom stereocenters. The van der Waals surface area contributed by atoms with Crippen LogP contribution in [0.2, 0.25) is 0 Å². The van der Waals surface area contributed by atoms with Crippen molar-refractivity contribution in [2.24, 2.45) is 5.92 Å². The maximum atomic E-state index is 12.8. The van der Waals surface area contributed by atoms with E-state index in [0.717, 1.165) is 30.2 Å². The van der Waals surface area contributed by atoms with E-state index in [4.69, 9.17) is 9.47 Å². The van der Waals surface area contributed by atoms with Gasteiger partial charge in [-0.3, -0.25) is 0 Å². The summed E-state index contributed by atoms with van der Waals surface area (Å²) < 4.78 is 11.1. The first-order valence-electron chi connectivity index (χ1n) is 9.14. The molecule has 6 nitrogen and oxygen atoms in total. The highest BCUT2D eigenvalue weighted by atomic mass is 16.5. The van der Waals surface area contributed by atoms with Crippen molar-refractivity contribution in [3.8, 4) is 5.75 Å². The lowest BCUT2D eigenvalue weighted by atomic mass is 9.75. The number of hydrogen-bond acceptors (Lipinski definition) is 5. The summed E-state index contributed by atoms with van der Waals surface area (Å²) in [6.45, 7) is 0.712. The van der Waals surface area contributed by atoms with Gasteiger partial charge in [-0.15, -0.1) is 0 Å². The molecule has 136 valence electrons. The quantitative estimate of drug-likeness (QED) is 0.828. The highest BCUT2D eigenvalue weighted by molar-refractivity contribution is 6.04. The number of rotatable bonds is 3. The Hall–Kier alpha value is -2.47. The van der Waals surface area contributed by atoms with Gasteiger partial charge in [0.1, 0.15) is 11.9 Å². The number of carbonyl (C=O) groups is 1. The van der Waals surface area contributed by atoms with E-state index < -0.39 is 0 Å². The lowest BCUT2D eigenvalue weighted by Crippen LogP contribution is -2.57. The zero-order chi connectivity index (χ0) is 17.8. The molecule has 3 fully saturated rings. The molecule has 4 atom stereocenters. The standard InChI is InChI=1S/C20H22N2O4/c1-25-14-2-3-18-16(8-14)17(9-21-18)20(24)26-15-6-12-4-11-5-13(7-15)22(12)10-19(11)23/h2-3,6,8-9,11,13,15,19,21,23H,4-5,7,10H2,1H3. The first-order chi connectivity index (χ1) is 12.6. The number of methoxy groups -OCH3 is 1. The second-order valence-electron chi connectivity index (χ2n) is 7.52. The van der Waals surface area contributed by atoms with Gasteiger partial charge in [0.25, 0.3) is 0 Å². The molecule has 2 aromatic rings. The molecule has 6 rings (SSSR count). The summed E-state index contributed by atoms with van der Waals surface area (Å²) in [7, 11) is 1.61. The summed E-state index contributed by atoms with van der Waals surface area (Å²) in [5.74, 6) is 0.753. The topological polar surface area (TPSA) is 74.8 Å². The molecule has 6 heteroatoms. The summed E-state index contributed by atoms with van der Waals surface area (Å²) in [5.41, 5.74) is 2.64. The van der Waals surface area contributed by atoms with Gasteiger partial charge in [0.15, 0.2) is 0 Å². The molecule has 3 saturated heterocycles. The summed E-state index contributed by atoms with van der Waals surface area (Å²) >= 11 is 0. The van der Waals surface area contributed by atoms with Gasteiger partial charge >= 0.3 is 5.97 Å². The monoisotopic (exact) mass is 354 g/mol. The van der Waals surface area contributed by atoms with E-state index in [1.165, 1.54) is 5.70 Å². The van der Waals surface area contributed by atoms with Gasteiger partial charge in [-0.25, -0.2) is 4.79 Å². The molecule has 4 aliphatic heterocycles. The second kappa shape index (κ2) is 5.77. The molecule has 0 aliphatic carbocycles. The van der Waals surface area contributed by atoms with Crippen LogP contribution in [0.5, 0.6) is 5.75 Å². The number of carbonyl (C=O) groups excluding carboxylic acids is 1. The van der Waals surface area contributed by atoms with Crippen molar-refractivity contribution in [2.45, 2.75) is 37.5 Å². The van der Waals surface area contributed by atoms with E-state index >= 15 is 0 Å². The minimum atomic E-state index is -0.313. The number of ether oxygens (including phenoxy) is 2. The van der Waals surface area contributed by atoms with Crippen molar-refractivity contribution >= 4 is 16.9 Å². The second-order valence-corrected chi connectivity index (χ2v) is 7.52. The zero-order valence-electron chi connectivity index (χ0n) is 14.6. The largest absolute Gasteiger partial charge is 0.497 e. The molecule has 4 bridgehead atoms. The SMILES string of the molecule is COc1ccc2[nH]cc(C(=O)OC3C=C4CC5CC(C3)N4CC5O)c2c1. The Morgan fingerprint density at radius 2 is 2.23 bits per heavy atom. The van der Waals surface area contributed by atoms with Gasteiger partial charge in [0, 0.05) is 41.8 Å². The number of allylic oxidation sites excluding steroid dienone is 1. The Kier molecular flexibility index (Phi) is 3.50. The number of esters is 1. The number of fused-ring (bicyclic) bond motifs is 2. The molecule has 0 saturated carbocycles. The Bertz CT molecular complexity index is 902. The van der Waals surface area contributed by atoms with E-state index in [9.17, 15) is 9.90 Å². The van der Waals surface area contributed by atoms with Crippen molar-refractivity contribution in [1.29, 1.82) is 0 Å². The molecule has 5 heterocycles. The summed E-state index contributed by atoms with van der Waals surface area (Å²) in [6, 6.07) is 5.98. The predicted molar refractivity (Wildman–Crippen MR) is 96.0 cm³/mol. The molecular weight excluding hydrogens is 332 g/mol. The van der Waals surface area contributed by atoms with Crippen LogP contribution in [0.1, 0.15) is 29.6 Å². The van der Waals surface area contributed by atoms with E-state index in [0.29, 0.717) is 29.8 Å². The summed E-state index contributed by atoms with van der Waals surface area (Å²) in [4.78, 5) is 18.2. The number of benzene rings is 1. The smallest absolute Gasteiger partial charge is 0.340 e. The molecule has 2 N–H and O–H groups in total. The maximum absolute atomic E-state index is 12.8. The van der Waals surface area contributed by atoms with Crippen LogP contribution in [-0.2, 0) is 4.74 Å². The van der Waals surface area contributed by atoms with Crippen LogP contribution in [0.4, 0.5) is 0 Å². The molecule has 1 aromatic heterocycles. The fourth-order valence-corrected chi connectivity index (χ4v) is 4.71.